The molecule has 82 valence electrons. The summed E-state index contributed by atoms with van der Waals surface area (Å²) in [6, 6.07) is 1.65. The van der Waals surface area contributed by atoms with E-state index in [1.807, 2.05) is 0 Å². The smallest absolute Gasteiger partial charge is 0.0235 e. The van der Waals surface area contributed by atoms with E-state index in [4.69, 9.17) is 0 Å². The normalized spacial score (nSPS) is 33.6. The number of nitrogens with zero attached hydrogens (tertiary/aromatic N) is 1. The minimum Gasteiger partial charge on any atom is -0.312 e. The van der Waals surface area contributed by atoms with Crippen LogP contribution in [0.15, 0.2) is 0 Å². The maximum absolute atomic E-state index is 3.67. The fourth-order valence-electron chi connectivity index (χ4n) is 3.18. The Balaban J connectivity index is 1.91. The maximum atomic E-state index is 3.67. The van der Waals surface area contributed by atoms with Gasteiger partial charge in [-0.15, -0.1) is 0 Å². The maximum Gasteiger partial charge on any atom is 0.0235 e. The van der Waals surface area contributed by atoms with E-state index in [9.17, 15) is 0 Å². The van der Waals surface area contributed by atoms with Gasteiger partial charge in [0.25, 0.3) is 0 Å². The molecule has 2 saturated heterocycles. The average molecular weight is 196 g/mol. The fourth-order valence-corrected chi connectivity index (χ4v) is 3.18. The zero-order valence-corrected chi connectivity index (χ0v) is 9.63. The quantitative estimate of drug-likeness (QED) is 0.741. The van der Waals surface area contributed by atoms with Crippen molar-refractivity contribution in [3.8, 4) is 0 Å². The Morgan fingerprint density at radius 2 is 2.07 bits per heavy atom. The van der Waals surface area contributed by atoms with Crippen molar-refractivity contribution in [3.63, 3.8) is 0 Å². The zero-order valence-electron chi connectivity index (χ0n) is 9.63. The summed E-state index contributed by atoms with van der Waals surface area (Å²) in [5.41, 5.74) is 0. The molecule has 2 rings (SSSR count). The topological polar surface area (TPSA) is 15.3 Å². The number of hydrogen-bond donors (Lipinski definition) is 1. The van der Waals surface area contributed by atoms with Crippen molar-refractivity contribution in [1.82, 2.24) is 10.2 Å². The molecule has 2 aliphatic heterocycles. The van der Waals surface area contributed by atoms with Crippen LogP contribution in [0.25, 0.3) is 0 Å². The van der Waals surface area contributed by atoms with Crippen molar-refractivity contribution in [2.75, 3.05) is 19.6 Å². The van der Waals surface area contributed by atoms with Gasteiger partial charge in [-0.2, -0.15) is 0 Å². The molecule has 0 aliphatic carbocycles. The molecular formula is C12H24N2. The van der Waals surface area contributed by atoms with Crippen molar-refractivity contribution < 1.29 is 0 Å². The zero-order chi connectivity index (χ0) is 9.97. The number of nitrogens with one attached hydrogen (secondary N) is 1. The molecule has 0 aromatic heterocycles. The molecule has 14 heavy (non-hydrogen) atoms. The lowest BCUT2D eigenvalue weighted by Crippen LogP contribution is -2.41. The molecule has 2 aliphatic rings. The van der Waals surface area contributed by atoms with Crippen LogP contribution in [0.4, 0.5) is 0 Å². The van der Waals surface area contributed by atoms with Crippen molar-refractivity contribution >= 4 is 0 Å². The van der Waals surface area contributed by atoms with Gasteiger partial charge < -0.3 is 5.32 Å². The lowest BCUT2D eigenvalue weighted by Gasteiger charge is -2.25. The highest BCUT2D eigenvalue weighted by molar-refractivity contribution is 4.93. The molecule has 0 spiro atoms. The van der Waals surface area contributed by atoms with E-state index in [-0.39, 0.29) is 0 Å². The van der Waals surface area contributed by atoms with Crippen LogP contribution in [0, 0.1) is 5.92 Å². The Labute approximate surface area is 88.1 Å². The van der Waals surface area contributed by atoms with Crippen molar-refractivity contribution in [3.05, 3.63) is 0 Å². The molecule has 0 saturated carbocycles. The number of piperidine rings is 1. The fraction of sp³-hybridized carbons (Fsp3) is 1.00. The van der Waals surface area contributed by atoms with Gasteiger partial charge >= 0.3 is 0 Å². The third-order valence-corrected chi connectivity index (χ3v) is 4.09. The van der Waals surface area contributed by atoms with Gasteiger partial charge in [-0.3, -0.25) is 4.90 Å². The Hall–Kier alpha value is -0.0800. The van der Waals surface area contributed by atoms with Gasteiger partial charge in [0.2, 0.25) is 0 Å². The monoisotopic (exact) mass is 196 g/mol. The molecule has 0 bridgehead atoms. The van der Waals surface area contributed by atoms with Crippen LogP contribution in [0.3, 0.4) is 0 Å². The average Bonchev–Trinajstić information content (AvgIpc) is 2.63. The first-order chi connectivity index (χ1) is 6.85. The van der Waals surface area contributed by atoms with Crippen LogP contribution in [-0.2, 0) is 0 Å². The van der Waals surface area contributed by atoms with E-state index < -0.39 is 0 Å². The summed E-state index contributed by atoms with van der Waals surface area (Å²) in [5, 5.41) is 3.67. The second-order valence-corrected chi connectivity index (χ2v) is 4.89. The lowest BCUT2D eigenvalue weighted by atomic mass is 9.94. The Kier molecular flexibility index (Phi) is 3.45. The highest BCUT2D eigenvalue weighted by Crippen LogP contribution is 2.27. The Bertz CT molecular complexity index is 163. The van der Waals surface area contributed by atoms with Crippen LogP contribution in [0.1, 0.15) is 39.5 Å². The van der Waals surface area contributed by atoms with Crippen LogP contribution in [0.2, 0.25) is 0 Å². The third kappa shape index (κ3) is 1.96. The van der Waals surface area contributed by atoms with Gasteiger partial charge in [-0.25, -0.2) is 0 Å². The van der Waals surface area contributed by atoms with E-state index in [2.05, 4.69) is 24.1 Å². The molecule has 0 aromatic rings. The van der Waals surface area contributed by atoms with Gasteiger partial charge in [0.1, 0.15) is 0 Å². The van der Waals surface area contributed by atoms with Crippen LogP contribution < -0.4 is 5.32 Å². The second kappa shape index (κ2) is 4.63. The summed E-state index contributed by atoms with van der Waals surface area (Å²) in [6.45, 7) is 8.55. The molecule has 2 fully saturated rings. The minimum atomic E-state index is 0.810. The molecular weight excluding hydrogens is 172 g/mol. The van der Waals surface area contributed by atoms with Crippen molar-refractivity contribution in [1.29, 1.82) is 0 Å². The molecule has 0 radical (unpaired) electrons. The van der Waals surface area contributed by atoms with Crippen LogP contribution >= 0.6 is 0 Å². The standard InChI is InChI=1S/C12H24N2/c1-3-11(4-2)14-8-10-6-5-7-13-12(10)9-14/h10-13H,3-9H2,1-2H3. The molecule has 2 atom stereocenters. The Morgan fingerprint density at radius 1 is 1.29 bits per heavy atom. The van der Waals surface area contributed by atoms with Gasteiger partial charge in [0.15, 0.2) is 0 Å². The van der Waals surface area contributed by atoms with E-state index in [0.717, 1.165) is 18.0 Å². The summed E-state index contributed by atoms with van der Waals surface area (Å²) in [5.74, 6) is 0.948. The Morgan fingerprint density at radius 3 is 2.71 bits per heavy atom. The molecule has 1 N–H and O–H groups in total. The number of likely N-dealkylation sites (tertiary alicyclic amines) is 1. The van der Waals surface area contributed by atoms with Crippen LogP contribution in [-0.4, -0.2) is 36.6 Å². The predicted octanol–water partition coefficient (Wildman–Crippen LogP) is 1.86. The molecule has 2 unspecified atom stereocenters. The lowest BCUT2D eigenvalue weighted by molar-refractivity contribution is 0.220. The van der Waals surface area contributed by atoms with Gasteiger partial charge in [0.05, 0.1) is 0 Å². The van der Waals surface area contributed by atoms with Gasteiger partial charge in [-0.05, 0) is 38.1 Å². The van der Waals surface area contributed by atoms with E-state index in [1.54, 1.807) is 0 Å². The molecule has 0 amide bonds. The first-order valence-electron chi connectivity index (χ1n) is 6.32. The summed E-state index contributed by atoms with van der Waals surface area (Å²) in [7, 11) is 0. The summed E-state index contributed by atoms with van der Waals surface area (Å²) < 4.78 is 0. The molecule has 2 heterocycles. The third-order valence-electron chi connectivity index (χ3n) is 4.09. The summed E-state index contributed by atoms with van der Waals surface area (Å²) in [6.07, 6.45) is 5.47. The first-order valence-corrected chi connectivity index (χ1v) is 6.32. The number of hydrogen-bond acceptors (Lipinski definition) is 2. The number of fused-ring (bicyclic) bond motifs is 1. The number of rotatable bonds is 3. The largest absolute Gasteiger partial charge is 0.312 e. The van der Waals surface area contributed by atoms with Crippen molar-refractivity contribution in [2.45, 2.75) is 51.6 Å². The summed E-state index contributed by atoms with van der Waals surface area (Å²) >= 11 is 0. The molecule has 0 aromatic carbocycles. The first kappa shape index (κ1) is 10.4. The molecule has 2 nitrogen and oxygen atoms in total. The van der Waals surface area contributed by atoms with E-state index in [0.29, 0.717) is 0 Å². The van der Waals surface area contributed by atoms with Crippen molar-refractivity contribution in [2.24, 2.45) is 5.92 Å². The highest BCUT2D eigenvalue weighted by Gasteiger charge is 2.35. The van der Waals surface area contributed by atoms with Crippen LogP contribution in [0.5, 0.6) is 0 Å². The van der Waals surface area contributed by atoms with Gasteiger partial charge in [0, 0.05) is 25.2 Å². The van der Waals surface area contributed by atoms with E-state index >= 15 is 0 Å². The predicted molar refractivity (Wildman–Crippen MR) is 60.5 cm³/mol. The SMILES string of the molecule is CCC(CC)N1CC2CCCNC2C1. The highest BCUT2D eigenvalue weighted by atomic mass is 15.2. The summed E-state index contributed by atoms with van der Waals surface area (Å²) in [4.78, 5) is 2.72. The minimum absolute atomic E-state index is 0.810. The second-order valence-electron chi connectivity index (χ2n) is 4.89. The van der Waals surface area contributed by atoms with E-state index in [1.165, 1.54) is 45.3 Å². The van der Waals surface area contributed by atoms with Gasteiger partial charge in [-0.1, -0.05) is 13.8 Å². The molecule has 2 heteroatoms.